The Labute approximate surface area is 156 Å². The molecule has 5 nitrogen and oxygen atoms in total. The van der Waals surface area contributed by atoms with Gasteiger partial charge in [-0.15, -0.1) is 11.8 Å². The Morgan fingerprint density at radius 3 is 2.56 bits per heavy atom. The Bertz CT molecular complexity index is 756. The van der Waals surface area contributed by atoms with Crippen LogP contribution in [0.2, 0.25) is 5.02 Å². The van der Waals surface area contributed by atoms with Crippen molar-refractivity contribution in [1.29, 1.82) is 0 Å². The summed E-state index contributed by atoms with van der Waals surface area (Å²) in [5.41, 5.74) is 2.10. The third-order valence-corrected chi connectivity index (χ3v) is 4.88. The first-order valence-corrected chi connectivity index (χ1v) is 9.33. The molecule has 0 atom stereocenters. The third kappa shape index (κ3) is 5.03. The van der Waals surface area contributed by atoms with Crippen molar-refractivity contribution in [3.63, 3.8) is 0 Å². The van der Waals surface area contributed by atoms with Crippen molar-refractivity contribution >= 4 is 35.2 Å². The molecule has 0 saturated heterocycles. The van der Waals surface area contributed by atoms with Crippen LogP contribution in [0.5, 0.6) is 0 Å². The number of aryl methyl sites for hydroxylation is 1. The number of carbonyl (C=O) groups is 2. The number of rotatable bonds is 7. The number of nitrogens with one attached hydrogen (secondary N) is 2. The van der Waals surface area contributed by atoms with E-state index in [-0.39, 0.29) is 5.91 Å². The van der Waals surface area contributed by atoms with E-state index in [1.807, 2.05) is 24.3 Å². The van der Waals surface area contributed by atoms with Gasteiger partial charge in [-0.3, -0.25) is 4.79 Å². The topological polar surface area (TPSA) is 71.2 Å². The van der Waals surface area contributed by atoms with E-state index in [0.29, 0.717) is 40.7 Å². The highest BCUT2D eigenvalue weighted by atomic mass is 35.5. The number of aromatic nitrogens is 1. The van der Waals surface area contributed by atoms with Gasteiger partial charge in [0, 0.05) is 27.9 Å². The first kappa shape index (κ1) is 19.4. The molecule has 1 heterocycles. The second kappa shape index (κ2) is 8.97. The van der Waals surface area contributed by atoms with Gasteiger partial charge in [-0.2, -0.15) is 0 Å². The van der Waals surface area contributed by atoms with E-state index >= 15 is 0 Å². The van der Waals surface area contributed by atoms with Gasteiger partial charge in [0.2, 0.25) is 0 Å². The Morgan fingerprint density at radius 1 is 1.24 bits per heavy atom. The van der Waals surface area contributed by atoms with Gasteiger partial charge in [0.1, 0.15) is 5.69 Å². The molecule has 0 fully saturated rings. The number of benzene rings is 1. The number of halogens is 1. The zero-order chi connectivity index (χ0) is 18.4. The van der Waals surface area contributed by atoms with Crippen LogP contribution in [0.3, 0.4) is 0 Å². The predicted octanol–water partition coefficient (Wildman–Crippen LogP) is 3.98. The largest absolute Gasteiger partial charge is 0.461 e. The van der Waals surface area contributed by atoms with Gasteiger partial charge in [-0.05, 0) is 50.6 Å². The van der Waals surface area contributed by atoms with Gasteiger partial charge in [0.15, 0.2) is 0 Å². The highest BCUT2D eigenvalue weighted by Gasteiger charge is 2.22. The summed E-state index contributed by atoms with van der Waals surface area (Å²) in [5.74, 6) is 0.0969. The zero-order valence-corrected chi connectivity index (χ0v) is 16.0. The maximum Gasteiger partial charge on any atom is 0.355 e. The lowest BCUT2D eigenvalue weighted by molar-refractivity contribution is 0.0519. The number of ether oxygens (including phenoxy) is 1. The van der Waals surface area contributed by atoms with Crippen molar-refractivity contribution < 1.29 is 14.3 Å². The first-order chi connectivity index (χ1) is 11.9. The lowest BCUT2D eigenvalue weighted by Crippen LogP contribution is -2.26. The number of thioether (sulfide) groups is 1. The van der Waals surface area contributed by atoms with E-state index < -0.39 is 5.97 Å². The molecule has 1 aromatic heterocycles. The Kier molecular flexibility index (Phi) is 6.96. The van der Waals surface area contributed by atoms with Crippen LogP contribution in [-0.4, -0.2) is 35.8 Å². The van der Waals surface area contributed by atoms with E-state index in [9.17, 15) is 9.59 Å². The zero-order valence-electron chi connectivity index (χ0n) is 14.4. The molecule has 0 saturated carbocycles. The fourth-order valence-corrected chi connectivity index (χ4v) is 3.34. The normalized spacial score (nSPS) is 10.6. The molecule has 0 aliphatic carbocycles. The summed E-state index contributed by atoms with van der Waals surface area (Å²) in [5, 5.41) is 3.59. The Balaban J connectivity index is 1.92. The number of amides is 1. The molecule has 25 heavy (non-hydrogen) atoms. The third-order valence-electron chi connectivity index (χ3n) is 3.61. The summed E-state index contributed by atoms with van der Waals surface area (Å²) in [7, 11) is 0. The molecule has 0 bridgehead atoms. The van der Waals surface area contributed by atoms with E-state index in [0.717, 1.165) is 10.6 Å². The number of hydrogen-bond donors (Lipinski definition) is 2. The van der Waals surface area contributed by atoms with E-state index in [1.165, 1.54) is 0 Å². The molecule has 0 unspecified atom stereocenters. The monoisotopic (exact) mass is 380 g/mol. The van der Waals surface area contributed by atoms with Crippen molar-refractivity contribution in [1.82, 2.24) is 10.3 Å². The summed E-state index contributed by atoms with van der Waals surface area (Å²) in [4.78, 5) is 28.4. The van der Waals surface area contributed by atoms with Crippen molar-refractivity contribution in [2.75, 3.05) is 18.9 Å². The minimum atomic E-state index is -0.444. The molecular formula is C18H21ClN2O3S. The first-order valence-electron chi connectivity index (χ1n) is 7.96. The quantitative estimate of drug-likeness (QED) is 0.433. The Hall–Kier alpha value is -1.92. The second-order valence-corrected chi connectivity index (χ2v) is 7.01. The second-order valence-electron chi connectivity index (χ2n) is 5.40. The maximum atomic E-state index is 12.4. The number of hydrogen-bond acceptors (Lipinski definition) is 4. The lowest BCUT2D eigenvalue weighted by Gasteiger charge is -2.06. The average Bonchev–Trinajstić information content (AvgIpc) is 2.88. The number of aromatic amines is 1. The maximum absolute atomic E-state index is 12.4. The van der Waals surface area contributed by atoms with E-state index in [1.54, 1.807) is 32.5 Å². The molecule has 2 rings (SSSR count). The van der Waals surface area contributed by atoms with Crippen molar-refractivity contribution in [3.8, 4) is 0 Å². The fraction of sp³-hybridized carbons (Fsp3) is 0.333. The number of esters is 1. The number of carbonyl (C=O) groups excluding carboxylic acids is 2. The van der Waals surface area contributed by atoms with Gasteiger partial charge in [-0.25, -0.2) is 4.79 Å². The van der Waals surface area contributed by atoms with Crippen LogP contribution in [0.15, 0.2) is 29.2 Å². The molecule has 0 aliphatic heterocycles. The summed E-state index contributed by atoms with van der Waals surface area (Å²) in [6.45, 7) is 6.07. The van der Waals surface area contributed by atoms with Gasteiger partial charge in [0.25, 0.3) is 5.91 Å². The average molecular weight is 381 g/mol. The van der Waals surface area contributed by atoms with Crippen LogP contribution in [0.25, 0.3) is 0 Å². The van der Waals surface area contributed by atoms with Crippen LogP contribution in [0, 0.1) is 13.8 Å². The highest BCUT2D eigenvalue weighted by molar-refractivity contribution is 7.99. The molecule has 134 valence electrons. The molecule has 0 aliphatic rings. The summed E-state index contributed by atoms with van der Waals surface area (Å²) in [6, 6.07) is 7.57. The van der Waals surface area contributed by atoms with Crippen LogP contribution in [0.4, 0.5) is 0 Å². The fourth-order valence-electron chi connectivity index (χ4n) is 2.45. The van der Waals surface area contributed by atoms with Crippen molar-refractivity contribution in [2.24, 2.45) is 0 Å². The van der Waals surface area contributed by atoms with Crippen molar-refractivity contribution in [3.05, 3.63) is 51.8 Å². The van der Waals surface area contributed by atoms with Crippen LogP contribution in [0.1, 0.15) is 39.0 Å². The van der Waals surface area contributed by atoms with Gasteiger partial charge >= 0.3 is 5.97 Å². The molecule has 1 aromatic carbocycles. The summed E-state index contributed by atoms with van der Waals surface area (Å²) < 4.78 is 5.00. The molecule has 2 aromatic rings. The van der Waals surface area contributed by atoms with Gasteiger partial charge in [0.05, 0.1) is 12.2 Å². The summed E-state index contributed by atoms with van der Waals surface area (Å²) >= 11 is 7.49. The van der Waals surface area contributed by atoms with E-state index in [2.05, 4.69) is 10.3 Å². The summed E-state index contributed by atoms with van der Waals surface area (Å²) in [6.07, 6.45) is 0. The molecule has 1 amide bonds. The van der Waals surface area contributed by atoms with E-state index in [4.69, 9.17) is 16.3 Å². The van der Waals surface area contributed by atoms with Crippen molar-refractivity contribution in [2.45, 2.75) is 25.7 Å². The van der Waals surface area contributed by atoms with Crippen LogP contribution < -0.4 is 5.32 Å². The molecule has 0 spiro atoms. The van der Waals surface area contributed by atoms with Crippen LogP contribution >= 0.6 is 23.4 Å². The molecular weight excluding hydrogens is 360 g/mol. The van der Waals surface area contributed by atoms with Gasteiger partial charge in [-0.1, -0.05) is 11.6 Å². The standard InChI is InChI=1S/C18H21ClN2O3S/c1-4-24-18(23)16-11(2)15(12(3)21-16)17(22)20-9-10-25-14-7-5-13(19)6-8-14/h5-8,21H,4,9-10H2,1-3H3,(H,20,22). The minimum Gasteiger partial charge on any atom is -0.461 e. The lowest BCUT2D eigenvalue weighted by atomic mass is 10.1. The Morgan fingerprint density at radius 2 is 1.92 bits per heavy atom. The molecule has 2 N–H and O–H groups in total. The smallest absolute Gasteiger partial charge is 0.355 e. The molecule has 0 radical (unpaired) electrons. The highest BCUT2D eigenvalue weighted by Crippen LogP contribution is 2.21. The predicted molar refractivity (Wildman–Crippen MR) is 101 cm³/mol. The minimum absolute atomic E-state index is 0.196. The molecule has 7 heteroatoms. The van der Waals surface area contributed by atoms with Gasteiger partial charge < -0.3 is 15.0 Å². The van der Waals surface area contributed by atoms with Crippen LogP contribution in [-0.2, 0) is 4.74 Å². The number of H-pyrrole nitrogens is 1. The SMILES string of the molecule is CCOC(=O)c1[nH]c(C)c(C(=O)NCCSc2ccc(Cl)cc2)c1C.